The van der Waals surface area contributed by atoms with Crippen LogP contribution in [-0.2, 0) is 4.79 Å². The van der Waals surface area contributed by atoms with E-state index in [4.69, 9.17) is 5.11 Å². The monoisotopic (exact) mass is 230 g/mol. The zero-order valence-electron chi connectivity index (χ0n) is 10.5. The van der Waals surface area contributed by atoms with Crippen molar-refractivity contribution in [1.29, 1.82) is 0 Å². The molecule has 16 heavy (non-hydrogen) atoms. The van der Waals surface area contributed by atoms with Gasteiger partial charge in [-0.15, -0.1) is 0 Å². The molecule has 2 unspecified atom stereocenters. The quantitative estimate of drug-likeness (QED) is 0.727. The number of rotatable bonds is 6. The number of carboxylic acid groups (broad SMARTS) is 1. The van der Waals surface area contributed by atoms with Gasteiger partial charge >= 0.3 is 12.0 Å². The van der Waals surface area contributed by atoms with Crippen molar-refractivity contribution in [2.24, 2.45) is 5.92 Å². The van der Waals surface area contributed by atoms with Crippen LogP contribution in [0.5, 0.6) is 0 Å². The lowest BCUT2D eigenvalue weighted by atomic mass is 10.1. The van der Waals surface area contributed by atoms with E-state index in [1.165, 1.54) is 0 Å². The lowest BCUT2D eigenvalue weighted by Crippen LogP contribution is -2.42. The molecule has 5 heteroatoms. The summed E-state index contributed by atoms with van der Waals surface area (Å²) in [5.41, 5.74) is 0. The number of hydrogen-bond acceptors (Lipinski definition) is 2. The van der Waals surface area contributed by atoms with Gasteiger partial charge in [0.25, 0.3) is 0 Å². The topological polar surface area (TPSA) is 69.6 Å². The Balaban J connectivity index is 3.85. The van der Waals surface area contributed by atoms with Crippen LogP contribution in [0.1, 0.15) is 33.6 Å². The Morgan fingerprint density at radius 2 is 1.94 bits per heavy atom. The summed E-state index contributed by atoms with van der Waals surface area (Å²) < 4.78 is 0. The van der Waals surface area contributed by atoms with Gasteiger partial charge < -0.3 is 15.3 Å². The predicted octanol–water partition coefficient (Wildman–Crippen LogP) is 1.54. The fourth-order valence-corrected chi connectivity index (χ4v) is 1.12. The summed E-state index contributed by atoms with van der Waals surface area (Å²) in [5, 5.41) is 11.4. The van der Waals surface area contributed by atoms with Crippen LogP contribution in [0.25, 0.3) is 0 Å². The largest absolute Gasteiger partial charge is 0.481 e. The number of aliphatic carboxylic acids is 1. The van der Waals surface area contributed by atoms with Crippen LogP contribution < -0.4 is 5.32 Å². The summed E-state index contributed by atoms with van der Waals surface area (Å²) >= 11 is 0. The molecule has 0 aliphatic heterocycles. The SMILES string of the molecule is CCC(C)N(C)C(=O)NCCC(C)C(=O)O. The number of hydrogen-bond donors (Lipinski definition) is 2. The number of nitrogens with one attached hydrogen (secondary N) is 1. The molecule has 0 radical (unpaired) electrons. The number of amides is 2. The second-order valence-corrected chi connectivity index (χ2v) is 4.13. The Kier molecular flexibility index (Phi) is 6.53. The molecule has 2 atom stereocenters. The predicted molar refractivity (Wildman–Crippen MR) is 62.3 cm³/mol. The van der Waals surface area contributed by atoms with Gasteiger partial charge in [-0.2, -0.15) is 0 Å². The van der Waals surface area contributed by atoms with Crippen molar-refractivity contribution in [2.75, 3.05) is 13.6 Å². The minimum Gasteiger partial charge on any atom is -0.481 e. The Morgan fingerprint density at radius 3 is 2.38 bits per heavy atom. The van der Waals surface area contributed by atoms with E-state index in [-0.39, 0.29) is 12.1 Å². The molecule has 0 bridgehead atoms. The number of carboxylic acids is 1. The van der Waals surface area contributed by atoms with Crippen molar-refractivity contribution >= 4 is 12.0 Å². The first kappa shape index (κ1) is 14.7. The maximum atomic E-state index is 11.6. The molecule has 2 N–H and O–H groups in total. The molecule has 2 amide bonds. The van der Waals surface area contributed by atoms with Crippen LogP contribution in [0, 0.1) is 5.92 Å². The molecule has 0 spiro atoms. The highest BCUT2D eigenvalue weighted by Gasteiger charge is 2.15. The van der Waals surface area contributed by atoms with Gasteiger partial charge in [-0.1, -0.05) is 13.8 Å². The second-order valence-electron chi connectivity index (χ2n) is 4.13. The second kappa shape index (κ2) is 7.09. The normalized spacial score (nSPS) is 14.0. The number of urea groups is 1. The molecule has 0 rings (SSSR count). The number of carbonyl (C=O) groups is 2. The van der Waals surface area contributed by atoms with E-state index in [0.717, 1.165) is 6.42 Å². The Bertz CT molecular complexity index is 243. The molecular weight excluding hydrogens is 208 g/mol. The minimum absolute atomic E-state index is 0.146. The van der Waals surface area contributed by atoms with Crippen molar-refractivity contribution in [3.05, 3.63) is 0 Å². The average Bonchev–Trinajstić information content (AvgIpc) is 2.26. The molecular formula is C11H22N2O3. The molecule has 0 aromatic carbocycles. The highest BCUT2D eigenvalue weighted by Crippen LogP contribution is 2.02. The van der Waals surface area contributed by atoms with E-state index in [1.807, 2.05) is 13.8 Å². The number of carbonyl (C=O) groups excluding carboxylic acids is 1. The van der Waals surface area contributed by atoms with E-state index in [9.17, 15) is 9.59 Å². The van der Waals surface area contributed by atoms with Gasteiger partial charge in [0.1, 0.15) is 0 Å². The van der Waals surface area contributed by atoms with Gasteiger partial charge in [-0.05, 0) is 19.8 Å². The van der Waals surface area contributed by atoms with Gasteiger partial charge in [-0.3, -0.25) is 4.79 Å². The van der Waals surface area contributed by atoms with E-state index in [2.05, 4.69) is 5.32 Å². The maximum Gasteiger partial charge on any atom is 0.317 e. The first-order chi connectivity index (χ1) is 7.40. The van der Waals surface area contributed by atoms with Crippen LogP contribution in [0.3, 0.4) is 0 Å². The summed E-state index contributed by atoms with van der Waals surface area (Å²) in [7, 11) is 1.74. The third kappa shape index (κ3) is 5.00. The molecule has 0 aromatic heterocycles. The number of nitrogens with zero attached hydrogens (tertiary/aromatic N) is 1. The molecule has 0 saturated carbocycles. The summed E-state index contributed by atoms with van der Waals surface area (Å²) in [6.45, 7) is 6.01. The Morgan fingerprint density at radius 1 is 1.38 bits per heavy atom. The third-order valence-electron chi connectivity index (χ3n) is 2.85. The summed E-state index contributed by atoms with van der Waals surface area (Å²) in [6.07, 6.45) is 1.35. The first-order valence-corrected chi connectivity index (χ1v) is 5.63. The smallest absolute Gasteiger partial charge is 0.317 e. The first-order valence-electron chi connectivity index (χ1n) is 5.63. The molecule has 0 aliphatic carbocycles. The minimum atomic E-state index is -0.829. The van der Waals surface area contributed by atoms with Crippen molar-refractivity contribution in [1.82, 2.24) is 10.2 Å². The van der Waals surface area contributed by atoms with Gasteiger partial charge in [0, 0.05) is 19.6 Å². The molecule has 0 heterocycles. The zero-order valence-corrected chi connectivity index (χ0v) is 10.5. The Hall–Kier alpha value is -1.26. The van der Waals surface area contributed by atoms with Gasteiger partial charge in [0.05, 0.1) is 5.92 Å². The molecule has 0 aromatic rings. The zero-order chi connectivity index (χ0) is 12.7. The van der Waals surface area contributed by atoms with Gasteiger partial charge in [-0.25, -0.2) is 4.79 Å². The summed E-state index contributed by atoms with van der Waals surface area (Å²) in [5.74, 6) is -1.25. The van der Waals surface area contributed by atoms with Crippen molar-refractivity contribution in [2.45, 2.75) is 39.7 Å². The molecule has 0 saturated heterocycles. The van der Waals surface area contributed by atoms with Crippen molar-refractivity contribution < 1.29 is 14.7 Å². The maximum absolute atomic E-state index is 11.6. The van der Waals surface area contributed by atoms with E-state index in [1.54, 1.807) is 18.9 Å². The highest BCUT2D eigenvalue weighted by atomic mass is 16.4. The van der Waals surface area contributed by atoms with Crippen LogP contribution in [0.2, 0.25) is 0 Å². The van der Waals surface area contributed by atoms with Crippen molar-refractivity contribution in [3.8, 4) is 0 Å². The summed E-state index contributed by atoms with van der Waals surface area (Å²) in [6, 6.07) is 0.0452. The van der Waals surface area contributed by atoms with Crippen LogP contribution >= 0.6 is 0 Å². The molecule has 94 valence electrons. The van der Waals surface area contributed by atoms with Gasteiger partial charge in [0.2, 0.25) is 0 Å². The molecule has 0 fully saturated rings. The van der Waals surface area contributed by atoms with E-state index < -0.39 is 11.9 Å². The third-order valence-corrected chi connectivity index (χ3v) is 2.85. The lowest BCUT2D eigenvalue weighted by molar-refractivity contribution is -0.141. The fourth-order valence-electron chi connectivity index (χ4n) is 1.12. The summed E-state index contributed by atoms with van der Waals surface area (Å²) in [4.78, 5) is 23.7. The Labute approximate surface area is 96.8 Å². The van der Waals surface area contributed by atoms with Gasteiger partial charge in [0.15, 0.2) is 0 Å². The van der Waals surface area contributed by atoms with Crippen LogP contribution in [-0.4, -0.2) is 41.6 Å². The van der Waals surface area contributed by atoms with E-state index in [0.29, 0.717) is 13.0 Å². The average molecular weight is 230 g/mol. The van der Waals surface area contributed by atoms with E-state index >= 15 is 0 Å². The molecule has 5 nitrogen and oxygen atoms in total. The fraction of sp³-hybridized carbons (Fsp3) is 0.818. The lowest BCUT2D eigenvalue weighted by Gasteiger charge is -2.24. The molecule has 0 aliphatic rings. The van der Waals surface area contributed by atoms with Crippen LogP contribution in [0.4, 0.5) is 4.79 Å². The highest BCUT2D eigenvalue weighted by molar-refractivity contribution is 5.74. The standard InChI is InChI=1S/C11H22N2O3/c1-5-9(3)13(4)11(16)12-7-6-8(2)10(14)15/h8-9H,5-7H2,1-4H3,(H,12,16)(H,14,15). The van der Waals surface area contributed by atoms with Crippen molar-refractivity contribution in [3.63, 3.8) is 0 Å². The van der Waals surface area contributed by atoms with Crippen LogP contribution in [0.15, 0.2) is 0 Å².